The summed E-state index contributed by atoms with van der Waals surface area (Å²) in [5.41, 5.74) is 6.43. The molecule has 0 bridgehead atoms. The number of carbonyl (C=O) groups is 2. The van der Waals surface area contributed by atoms with Crippen molar-refractivity contribution in [2.75, 3.05) is 5.32 Å². The zero-order valence-corrected chi connectivity index (χ0v) is 17.0. The first kappa shape index (κ1) is 19.2. The molecule has 1 aromatic heterocycles. The fourth-order valence-electron chi connectivity index (χ4n) is 3.76. The monoisotopic (exact) mass is 368 g/mol. The number of hydrogen-bond acceptors (Lipinski definition) is 3. The van der Waals surface area contributed by atoms with Crippen LogP contribution in [-0.2, 0) is 9.53 Å². The number of rotatable bonds is 5. The lowest BCUT2D eigenvalue weighted by Crippen LogP contribution is -2.30. The third-order valence-electron chi connectivity index (χ3n) is 5.19. The second kappa shape index (κ2) is 7.22. The zero-order valence-electron chi connectivity index (χ0n) is 17.0. The molecule has 0 radical (unpaired) electrons. The van der Waals surface area contributed by atoms with Crippen molar-refractivity contribution in [2.45, 2.75) is 66.5 Å². The van der Waals surface area contributed by atoms with Gasteiger partial charge in [0, 0.05) is 23.1 Å². The fourth-order valence-corrected chi connectivity index (χ4v) is 3.76. The number of ether oxygens (including phenoxy) is 1. The highest BCUT2D eigenvalue weighted by Crippen LogP contribution is 2.38. The molecule has 1 fully saturated rings. The molecule has 1 atom stereocenters. The average Bonchev–Trinajstić information content (AvgIpc) is 3.35. The van der Waals surface area contributed by atoms with Gasteiger partial charge in [0.1, 0.15) is 0 Å². The quantitative estimate of drug-likeness (QED) is 0.788. The number of anilines is 1. The van der Waals surface area contributed by atoms with Gasteiger partial charge in [-0.15, -0.1) is 0 Å². The molecule has 1 N–H and O–H groups in total. The van der Waals surface area contributed by atoms with E-state index >= 15 is 0 Å². The third kappa shape index (κ3) is 3.92. The maximum Gasteiger partial charge on any atom is 0.340 e. The molecule has 3 rings (SSSR count). The topological polar surface area (TPSA) is 60.3 Å². The molecule has 0 aliphatic heterocycles. The molecule has 2 aromatic rings. The first-order valence-electron chi connectivity index (χ1n) is 9.47. The van der Waals surface area contributed by atoms with Gasteiger partial charge in [-0.2, -0.15) is 0 Å². The van der Waals surface area contributed by atoms with Gasteiger partial charge in [0.15, 0.2) is 6.10 Å². The number of carbonyl (C=O) groups excluding carboxylic acids is 2. The maximum absolute atomic E-state index is 12.6. The Morgan fingerprint density at radius 3 is 2.22 bits per heavy atom. The van der Waals surface area contributed by atoms with Crippen LogP contribution in [0.3, 0.4) is 0 Å². The minimum absolute atomic E-state index is 0.325. The average molecular weight is 368 g/mol. The van der Waals surface area contributed by atoms with E-state index in [1.165, 1.54) is 0 Å². The minimum Gasteiger partial charge on any atom is -0.449 e. The minimum atomic E-state index is -0.874. The number of aryl methyl sites for hydroxylation is 4. The van der Waals surface area contributed by atoms with E-state index in [4.69, 9.17) is 4.74 Å². The highest BCUT2D eigenvalue weighted by molar-refractivity contribution is 5.98. The molecule has 27 heavy (non-hydrogen) atoms. The van der Waals surface area contributed by atoms with E-state index < -0.39 is 12.1 Å². The Bertz CT molecular complexity index is 884. The van der Waals surface area contributed by atoms with Crippen LogP contribution in [0.4, 0.5) is 5.69 Å². The van der Waals surface area contributed by atoms with Crippen molar-refractivity contribution < 1.29 is 14.3 Å². The van der Waals surface area contributed by atoms with Crippen molar-refractivity contribution in [3.63, 3.8) is 0 Å². The summed E-state index contributed by atoms with van der Waals surface area (Å²) < 4.78 is 7.65. The van der Waals surface area contributed by atoms with Gasteiger partial charge in [0.05, 0.1) is 5.56 Å². The number of aromatic nitrogens is 1. The Morgan fingerprint density at radius 2 is 1.67 bits per heavy atom. The molecular weight excluding hydrogens is 340 g/mol. The Labute approximate surface area is 160 Å². The largest absolute Gasteiger partial charge is 0.449 e. The number of esters is 1. The normalized spacial score (nSPS) is 14.7. The van der Waals surface area contributed by atoms with Gasteiger partial charge in [-0.25, -0.2) is 4.79 Å². The third-order valence-corrected chi connectivity index (χ3v) is 5.19. The van der Waals surface area contributed by atoms with Gasteiger partial charge >= 0.3 is 5.97 Å². The number of hydrogen-bond donors (Lipinski definition) is 1. The van der Waals surface area contributed by atoms with Crippen LogP contribution in [0.25, 0.3) is 0 Å². The van der Waals surface area contributed by atoms with Crippen LogP contribution in [0, 0.1) is 34.6 Å². The molecule has 144 valence electrons. The van der Waals surface area contributed by atoms with Gasteiger partial charge < -0.3 is 14.6 Å². The van der Waals surface area contributed by atoms with Crippen molar-refractivity contribution in [3.05, 3.63) is 51.8 Å². The molecule has 1 aliphatic carbocycles. The molecule has 1 saturated carbocycles. The van der Waals surface area contributed by atoms with Gasteiger partial charge in [0.25, 0.3) is 5.91 Å². The van der Waals surface area contributed by atoms with E-state index in [1.54, 1.807) is 6.92 Å². The second-order valence-electron chi connectivity index (χ2n) is 7.70. The van der Waals surface area contributed by atoms with Gasteiger partial charge in [-0.3, -0.25) is 4.79 Å². The molecule has 1 aromatic carbocycles. The SMILES string of the molecule is Cc1cc(C)c(NC(=O)[C@H](C)OC(=O)c2cc(C)n(C3CC3)c2C)c(C)c1. The molecule has 5 heteroatoms. The molecule has 1 aliphatic rings. The van der Waals surface area contributed by atoms with E-state index in [9.17, 15) is 9.59 Å². The Hall–Kier alpha value is -2.56. The summed E-state index contributed by atoms with van der Waals surface area (Å²) in [5.74, 6) is -0.774. The van der Waals surface area contributed by atoms with Crippen molar-refractivity contribution in [1.82, 2.24) is 4.57 Å². The summed E-state index contributed by atoms with van der Waals surface area (Å²) >= 11 is 0. The lowest BCUT2D eigenvalue weighted by molar-refractivity contribution is -0.123. The second-order valence-corrected chi connectivity index (χ2v) is 7.70. The first-order valence-corrected chi connectivity index (χ1v) is 9.47. The Kier molecular flexibility index (Phi) is 5.13. The van der Waals surface area contributed by atoms with Crippen LogP contribution >= 0.6 is 0 Å². The van der Waals surface area contributed by atoms with Crippen molar-refractivity contribution in [3.8, 4) is 0 Å². The molecule has 1 amide bonds. The van der Waals surface area contributed by atoms with Crippen molar-refractivity contribution in [2.24, 2.45) is 0 Å². The molecule has 1 heterocycles. The lowest BCUT2D eigenvalue weighted by Gasteiger charge is -2.17. The van der Waals surface area contributed by atoms with E-state index in [2.05, 4.69) is 9.88 Å². The van der Waals surface area contributed by atoms with Gasteiger partial charge in [-0.1, -0.05) is 17.7 Å². The predicted octanol–water partition coefficient (Wildman–Crippen LogP) is 4.55. The van der Waals surface area contributed by atoms with Crippen LogP contribution < -0.4 is 5.32 Å². The summed E-state index contributed by atoms with van der Waals surface area (Å²) in [7, 11) is 0. The van der Waals surface area contributed by atoms with Gasteiger partial charge in [-0.05, 0) is 71.6 Å². The number of nitrogens with zero attached hydrogens (tertiary/aromatic N) is 1. The molecule has 5 nitrogen and oxygen atoms in total. The van der Waals surface area contributed by atoms with E-state index in [0.29, 0.717) is 11.6 Å². The summed E-state index contributed by atoms with van der Waals surface area (Å²) in [6.45, 7) is 11.5. The van der Waals surface area contributed by atoms with Crippen LogP contribution in [-0.4, -0.2) is 22.5 Å². The molecular formula is C22H28N2O3. The lowest BCUT2D eigenvalue weighted by atomic mass is 10.0. The number of nitrogens with one attached hydrogen (secondary N) is 1. The number of amides is 1. The van der Waals surface area contributed by atoms with E-state index in [-0.39, 0.29) is 5.91 Å². The molecule has 0 unspecified atom stereocenters. The van der Waals surface area contributed by atoms with Crippen molar-refractivity contribution in [1.29, 1.82) is 0 Å². The highest BCUT2D eigenvalue weighted by atomic mass is 16.5. The first-order chi connectivity index (χ1) is 12.7. The fraction of sp³-hybridized carbons (Fsp3) is 0.455. The Morgan fingerprint density at radius 1 is 1.07 bits per heavy atom. The smallest absolute Gasteiger partial charge is 0.340 e. The molecule has 0 spiro atoms. The van der Waals surface area contributed by atoms with E-state index in [1.807, 2.05) is 52.8 Å². The van der Waals surface area contributed by atoms with Gasteiger partial charge in [0.2, 0.25) is 0 Å². The summed E-state index contributed by atoms with van der Waals surface area (Å²) in [6.07, 6.45) is 1.43. The standard InChI is InChI=1S/C22H28N2O3/c1-12-9-13(2)20(14(3)10-12)23-21(25)17(6)27-22(26)19-11-15(4)24(16(19)5)18-7-8-18/h9-11,17-18H,7-8H2,1-6H3,(H,23,25)/t17-/m0/s1. The summed E-state index contributed by atoms with van der Waals surface area (Å²) in [6, 6.07) is 6.40. The van der Waals surface area contributed by atoms with Crippen LogP contribution in [0.15, 0.2) is 18.2 Å². The molecule has 0 saturated heterocycles. The summed E-state index contributed by atoms with van der Waals surface area (Å²) in [4.78, 5) is 25.2. The number of benzene rings is 1. The predicted molar refractivity (Wildman–Crippen MR) is 106 cm³/mol. The van der Waals surface area contributed by atoms with E-state index in [0.717, 1.165) is 46.6 Å². The van der Waals surface area contributed by atoms with Crippen LogP contribution in [0.2, 0.25) is 0 Å². The van der Waals surface area contributed by atoms with Crippen LogP contribution in [0.1, 0.15) is 64.2 Å². The Balaban J connectivity index is 1.70. The summed E-state index contributed by atoms with van der Waals surface area (Å²) in [5, 5.41) is 2.90. The maximum atomic E-state index is 12.6. The van der Waals surface area contributed by atoms with Crippen molar-refractivity contribution >= 4 is 17.6 Å². The zero-order chi connectivity index (χ0) is 19.9. The highest BCUT2D eigenvalue weighted by Gasteiger charge is 2.29. The van der Waals surface area contributed by atoms with Crippen LogP contribution in [0.5, 0.6) is 0 Å².